The lowest BCUT2D eigenvalue weighted by atomic mass is 9.83. The van der Waals surface area contributed by atoms with Gasteiger partial charge in [0.2, 0.25) is 0 Å². The summed E-state index contributed by atoms with van der Waals surface area (Å²) in [7, 11) is 0. The lowest BCUT2D eigenvalue weighted by Gasteiger charge is -2.22. The molecule has 0 saturated heterocycles. The van der Waals surface area contributed by atoms with Crippen molar-refractivity contribution < 1.29 is 8.98 Å². The van der Waals surface area contributed by atoms with Crippen LogP contribution in [0.4, 0.5) is 0 Å². The van der Waals surface area contributed by atoms with Gasteiger partial charge < -0.3 is 4.42 Å². The van der Waals surface area contributed by atoms with Crippen LogP contribution in [0.5, 0.6) is 0 Å². The molecule has 2 heteroatoms. The first kappa shape index (κ1) is 16.1. The second-order valence-electron chi connectivity index (χ2n) is 8.08. The molecule has 2 heterocycles. The maximum absolute atomic E-state index is 6.21. The van der Waals surface area contributed by atoms with Crippen LogP contribution in [0, 0.1) is 6.20 Å². The van der Waals surface area contributed by atoms with Crippen molar-refractivity contribution in [1.82, 2.24) is 0 Å². The van der Waals surface area contributed by atoms with Crippen molar-refractivity contribution in [3.8, 4) is 5.69 Å². The van der Waals surface area contributed by atoms with E-state index >= 15 is 0 Å². The third-order valence-electron chi connectivity index (χ3n) is 5.18. The topological polar surface area (TPSA) is 17.0 Å². The average Bonchev–Trinajstić information content (AvgIpc) is 3.05. The molecular weight excluding hydrogens is 330 g/mol. The molecule has 0 bridgehead atoms. The fraction of sp³-hybridized carbons (Fsp3) is 0.160. The molecule has 0 atom stereocenters. The van der Waals surface area contributed by atoms with Crippen LogP contribution in [0.2, 0.25) is 0 Å². The molecule has 0 N–H and O–H groups in total. The highest BCUT2D eigenvalue weighted by molar-refractivity contribution is 6.02. The van der Waals surface area contributed by atoms with Crippen molar-refractivity contribution in [2.45, 2.75) is 26.2 Å². The Morgan fingerprint density at radius 1 is 0.815 bits per heavy atom. The molecule has 0 aliphatic heterocycles. The van der Waals surface area contributed by atoms with Crippen molar-refractivity contribution in [2.75, 3.05) is 0 Å². The Morgan fingerprint density at radius 3 is 2.37 bits per heavy atom. The maximum Gasteiger partial charge on any atom is 0.296 e. The van der Waals surface area contributed by atoms with E-state index in [0.29, 0.717) is 0 Å². The lowest BCUT2D eigenvalue weighted by Crippen LogP contribution is -2.31. The summed E-state index contributed by atoms with van der Waals surface area (Å²) >= 11 is 0. The third kappa shape index (κ3) is 2.52. The number of para-hydroxylation sites is 1. The van der Waals surface area contributed by atoms with Gasteiger partial charge in [-0.05, 0) is 39.9 Å². The minimum atomic E-state index is 0.0396. The van der Waals surface area contributed by atoms with Gasteiger partial charge in [-0.3, -0.25) is 0 Å². The van der Waals surface area contributed by atoms with E-state index in [1.165, 1.54) is 16.3 Å². The molecule has 2 aromatic heterocycles. The normalized spacial score (nSPS) is 12.3. The number of rotatable bonds is 1. The Kier molecular flexibility index (Phi) is 3.38. The van der Waals surface area contributed by atoms with Gasteiger partial charge >= 0.3 is 0 Å². The van der Waals surface area contributed by atoms with Crippen molar-refractivity contribution in [3.05, 3.63) is 84.6 Å². The summed E-state index contributed by atoms with van der Waals surface area (Å²) < 4.78 is 8.25. The molecule has 0 unspecified atom stereocenters. The van der Waals surface area contributed by atoms with E-state index in [9.17, 15) is 0 Å². The molecule has 0 aliphatic carbocycles. The largest absolute Gasteiger partial charge is 0.449 e. The number of furan rings is 1. The van der Waals surface area contributed by atoms with Gasteiger partial charge in [0.05, 0.1) is 0 Å². The maximum atomic E-state index is 6.21. The second-order valence-corrected chi connectivity index (χ2v) is 8.08. The third-order valence-corrected chi connectivity index (χ3v) is 5.18. The molecule has 3 aromatic carbocycles. The van der Waals surface area contributed by atoms with E-state index in [4.69, 9.17) is 4.42 Å². The zero-order valence-corrected chi connectivity index (χ0v) is 15.8. The summed E-state index contributed by atoms with van der Waals surface area (Å²) in [5, 5.41) is 4.77. The minimum Gasteiger partial charge on any atom is -0.449 e. The molecule has 0 amide bonds. The molecule has 0 fully saturated rings. The van der Waals surface area contributed by atoms with Gasteiger partial charge in [-0.25, -0.2) is 4.57 Å². The van der Waals surface area contributed by atoms with Gasteiger partial charge in [-0.15, -0.1) is 6.07 Å². The number of fused-ring (bicyclic) bond motifs is 4. The number of aromatic nitrogens is 1. The molecule has 5 aromatic rings. The highest BCUT2D eigenvalue weighted by Gasteiger charge is 2.20. The zero-order valence-electron chi connectivity index (χ0n) is 15.8. The number of nitrogens with zero attached hydrogens (tertiary/aromatic N) is 1. The van der Waals surface area contributed by atoms with Crippen LogP contribution in [0.1, 0.15) is 26.3 Å². The molecule has 0 radical (unpaired) electrons. The molecule has 5 rings (SSSR count). The molecule has 2 nitrogen and oxygen atoms in total. The van der Waals surface area contributed by atoms with E-state index in [1.807, 2.05) is 28.8 Å². The number of pyridine rings is 1. The summed E-state index contributed by atoms with van der Waals surface area (Å²) in [6.45, 7) is 6.78. The Morgan fingerprint density at radius 2 is 1.56 bits per heavy atom. The first-order valence-corrected chi connectivity index (χ1v) is 9.30. The van der Waals surface area contributed by atoms with Gasteiger partial charge in [0.25, 0.3) is 5.71 Å². The predicted molar refractivity (Wildman–Crippen MR) is 110 cm³/mol. The van der Waals surface area contributed by atoms with Gasteiger partial charge in [-0.2, -0.15) is 0 Å². The number of hydrogen-bond donors (Lipinski definition) is 0. The highest BCUT2D eigenvalue weighted by atomic mass is 16.3. The van der Waals surface area contributed by atoms with Crippen LogP contribution in [0.25, 0.3) is 38.5 Å². The van der Waals surface area contributed by atoms with Crippen molar-refractivity contribution in [1.29, 1.82) is 0 Å². The summed E-state index contributed by atoms with van der Waals surface area (Å²) in [6.07, 6.45) is 3.35. The highest BCUT2D eigenvalue weighted by Crippen LogP contribution is 2.32. The minimum absolute atomic E-state index is 0.0396. The van der Waals surface area contributed by atoms with Crippen LogP contribution < -0.4 is 4.57 Å². The summed E-state index contributed by atoms with van der Waals surface area (Å²) in [4.78, 5) is 0. The Labute approximate surface area is 158 Å². The van der Waals surface area contributed by atoms with E-state index in [-0.39, 0.29) is 5.41 Å². The summed E-state index contributed by atoms with van der Waals surface area (Å²) in [5.74, 6) is 0. The van der Waals surface area contributed by atoms with E-state index < -0.39 is 0 Å². The zero-order chi connectivity index (χ0) is 18.6. The average molecular weight is 351 g/mol. The van der Waals surface area contributed by atoms with Crippen molar-refractivity contribution in [2.24, 2.45) is 0 Å². The smallest absolute Gasteiger partial charge is 0.296 e. The van der Waals surface area contributed by atoms with Crippen molar-refractivity contribution in [3.63, 3.8) is 0 Å². The van der Waals surface area contributed by atoms with Crippen molar-refractivity contribution >= 4 is 32.8 Å². The Hall–Kier alpha value is -3.13. The molecule has 132 valence electrons. The van der Waals surface area contributed by atoms with E-state index in [1.54, 1.807) is 0 Å². The van der Waals surface area contributed by atoms with Crippen LogP contribution in [-0.2, 0) is 5.41 Å². The molecule has 0 saturated carbocycles. The van der Waals surface area contributed by atoms with Gasteiger partial charge in [0.15, 0.2) is 6.20 Å². The van der Waals surface area contributed by atoms with Gasteiger partial charge in [-0.1, -0.05) is 69.3 Å². The Balaban J connectivity index is 1.86. The van der Waals surface area contributed by atoms with E-state index in [0.717, 1.165) is 27.8 Å². The Bertz CT molecular complexity index is 1300. The molecule has 27 heavy (non-hydrogen) atoms. The lowest BCUT2D eigenvalue weighted by molar-refractivity contribution is -0.579. The molecule has 0 aliphatic rings. The fourth-order valence-corrected chi connectivity index (χ4v) is 3.87. The number of hydrogen-bond acceptors (Lipinski definition) is 1. The first-order chi connectivity index (χ1) is 13.0. The van der Waals surface area contributed by atoms with Crippen LogP contribution in [0.3, 0.4) is 0 Å². The second kappa shape index (κ2) is 5.68. The quantitative estimate of drug-likeness (QED) is 0.263. The SMILES string of the molecule is CC(C)(C)c1cc(-[n+]2[c-]ccc3c4ccccc4oc32)cc2ccccc12. The fourth-order valence-electron chi connectivity index (χ4n) is 3.87. The van der Waals surface area contributed by atoms with Crippen LogP contribution in [-0.4, -0.2) is 0 Å². The molecular formula is C25H21NO. The van der Waals surface area contributed by atoms with E-state index in [2.05, 4.69) is 75.5 Å². The predicted octanol–water partition coefficient (Wildman–Crippen LogP) is 6.11. The van der Waals surface area contributed by atoms with Gasteiger partial charge in [0.1, 0.15) is 11.3 Å². The monoisotopic (exact) mass is 351 g/mol. The van der Waals surface area contributed by atoms with Gasteiger partial charge in [0, 0.05) is 10.8 Å². The summed E-state index contributed by atoms with van der Waals surface area (Å²) in [6, 6.07) is 25.3. The van der Waals surface area contributed by atoms with Crippen LogP contribution in [0.15, 0.2) is 77.2 Å². The molecule has 0 spiro atoms. The first-order valence-electron chi connectivity index (χ1n) is 9.30. The van der Waals surface area contributed by atoms with Crippen LogP contribution >= 0.6 is 0 Å². The number of benzene rings is 3. The summed E-state index contributed by atoms with van der Waals surface area (Å²) in [5.41, 5.74) is 4.16. The standard InChI is InChI=1S/C25H21NO/c1-25(2,3)22-16-18(15-17-9-4-5-10-19(17)22)26-14-8-12-21-20-11-6-7-13-23(20)27-24(21)26/h4-13,15-16H,1-3H3.